The number of halogens is 1. The van der Waals surface area contributed by atoms with Gasteiger partial charge in [0.05, 0.1) is 0 Å². The maximum absolute atomic E-state index is 4.42. The Morgan fingerprint density at radius 2 is 2.17 bits per heavy atom. The van der Waals surface area contributed by atoms with Crippen molar-refractivity contribution in [2.24, 2.45) is 10.4 Å². The average Bonchev–Trinajstić information content (AvgIpc) is 3.11. The molecule has 6 nitrogen and oxygen atoms in total. The van der Waals surface area contributed by atoms with E-state index in [0.717, 1.165) is 49.9 Å². The second-order valence-electron chi connectivity index (χ2n) is 6.96. The van der Waals surface area contributed by atoms with Gasteiger partial charge in [-0.2, -0.15) is 0 Å². The van der Waals surface area contributed by atoms with Crippen LogP contribution in [-0.2, 0) is 6.42 Å². The molecule has 0 amide bonds. The number of likely N-dealkylation sites (tertiary alicyclic amines) is 1. The van der Waals surface area contributed by atoms with E-state index in [0.29, 0.717) is 5.41 Å². The Labute approximate surface area is 160 Å². The number of nitrogens with one attached hydrogen (secondary N) is 1. The summed E-state index contributed by atoms with van der Waals surface area (Å²) in [5.74, 6) is 2.03. The molecule has 7 heteroatoms. The lowest BCUT2D eigenvalue weighted by Crippen LogP contribution is -2.41. The minimum atomic E-state index is 0. The lowest BCUT2D eigenvalue weighted by Gasteiger charge is -2.23. The molecule has 0 bridgehead atoms. The normalized spacial score (nSPS) is 17.1. The topological polar surface area (TPSA) is 57.8 Å². The van der Waals surface area contributed by atoms with Gasteiger partial charge in [0, 0.05) is 39.3 Å². The van der Waals surface area contributed by atoms with Crippen LogP contribution >= 0.6 is 24.0 Å². The van der Waals surface area contributed by atoms with Crippen LogP contribution < -0.4 is 5.32 Å². The van der Waals surface area contributed by atoms with E-state index in [1.165, 1.54) is 6.42 Å². The lowest BCUT2D eigenvalue weighted by atomic mass is 9.93. The molecule has 1 saturated heterocycles. The van der Waals surface area contributed by atoms with E-state index in [2.05, 4.69) is 43.7 Å². The van der Waals surface area contributed by atoms with Gasteiger partial charge < -0.3 is 10.2 Å². The quantitative estimate of drug-likeness (QED) is 0.342. The van der Waals surface area contributed by atoms with E-state index in [9.17, 15) is 0 Å². The first-order chi connectivity index (χ1) is 11.1. The van der Waals surface area contributed by atoms with Crippen molar-refractivity contribution in [3.05, 3.63) is 30.2 Å². The zero-order valence-corrected chi connectivity index (χ0v) is 17.0. The highest BCUT2D eigenvalue weighted by molar-refractivity contribution is 14.0. The molecule has 0 spiro atoms. The van der Waals surface area contributed by atoms with Crippen LogP contribution in [0.1, 0.15) is 32.5 Å². The molecule has 0 atom stereocenters. The van der Waals surface area contributed by atoms with Crippen molar-refractivity contribution in [2.75, 3.05) is 26.7 Å². The zero-order valence-electron chi connectivity index (χ0n) is 14.7. The van der Waals surface area contributed by atoms with Crippen LogP contribution in [0.25, 0.3) is 5.65 Å². The second kappa shape index (κ2) is 8.13. The monoisotopic (exact) mass is 442 g/mol. The molecule has 0 aromatic carbocycles. The summed E-state index contributed by atoms with van der Waals surface area (Å²) in [6, 6.07) is 5.97. The van der Waals surface area contributed by atoms with Crippen molar-refractivity contribution < 1.29 is 0 Å². The van der Waals surface area contributed by atoms with Gasteiger partial charge in [-0.3, -0.25) is 9.39 Å². The van der Waals surface area contributed by atoms with E-state index in [1.54, 1.807) is 0 Å². The van der Waals surface area contributed by atoms with Gasteiger partial charge >= 0.3 is 0 Å². The second-order valence-corrected chi connectivity index (χ2v) is 6.96. The van der Waals surface area contributed by atoms with Crippen LogP contribution in [0.4, 0.5) is 0 Å². The molecular weight excluding hydrogens is 415 g/mol. The third kappa shape index (κ3) is 4.37. The zero-order chi connectivity index (χ0) is 16.3. The Balaban J connectivity index is 0.00000208. The Kier molecular flexibility index (Phi) is 6.42. The Morgan fingerprint density at radius 1 is 1.33 bits per heavy atom. The van der Waals surface area contributed by atoms with E-state index < -0.39 is 0 Å². The fourth-order valence-electron chi connectivity index (χ4n) is 3.13. The number of pyridine rings is 1. The molecule has 3 heterocycles. The minimum absolute atomic E-state index is 0. The summed E-state index contributed by atoms with van der Waals surface area (Å²) in [5.41, 5.74) is 1.29. The molecule has 0 aliphatic carbocycles. The number of aryl methyl sites for hydroxylation is 1. The summed E-state index contributed by atoms with van der Waals surface area (Å²) in [7, 11) is 1.86. The van der Waals surface area contributed by atoms with E-state index in [1.807, 2.05) is 31.4 Å². The Hall–Kier alpha value is -1.38. The van der Waals surface area contributed by atoms with Crippen LogP contribution in [0.3, 0.4) is 0 Å². The van der Waals surface area contributed by atoms with Crippen molar-refractivity contribution >= 4 is 35.6 Å². The predicted octanol–water partition coefficient (Wildman–Crippen LogP) is 2.59. The minimum Gasteiger partial charge on any atom is -0.356 e. The highest BCUT2D eigenvalue weighted by Gasteiger charge is 2.30. The SMILES string of the molecule is CN=C(NCCCc1nnc2ccccn12)N1CCC(C)(C)C1.I. The van der Waals surface area contributed by atoms with Gasteiger partial charge in [0.1, 0.15) is 5.82 Å². The average molecular weight is 442 g/mol. The number of hydrogen-bond acceptors (Lipinski definition) is 3. The van der Waals surface area contributed by atoms with Crippen LogP contribution in [0.5, 0.6) is 0 Å². The Morgan fingerprint density at radius 3 is 2.88 bits per heavy atom. The standard InChI is InChI=1S/C17H26N6.HI/c1-17(2)9-12-22(13-17)16(18-3)19-10-6-8-15-21-20-14-7-4-5-11-23(14)15;/h4-5,7,11H,6,8-10,12-13H2,1-3H3,(H,18,19);1H. The summed E-state index contributed by atoms with van der Waals surface area (Å²) in [6.07, 6.45) is 5.15. The summed E-state index contributed by atoms with van der Waals surface area (Å²) >= 11 is 0. The van der Waals surface area contributed by atoms with Crippen LogP contribution in [0.2, 0.25) is 0 Å². The number of rotatable bonds is 4. The molecule has 1 aliphatic heterocycles. The van der Waals surface area contributed by atoms with Crippen LogP contribution in [0.15, 0.2) is 29.4 Å². The third-order valence-electron chi connectivity index (χ3n) is 4.43. The molecule has 0 radical (unpaired) electrons. The summed E-state index contributed by atoms with van der Waals surface area (Å²) in [6.45, 7) is 7.68. The van der Waals surface area contributed by atoms with Gasteiger partial charge in [-0.05, 0) is 30.4 Å². The fourth-order valence-corrected chi connectivity index (χ4v) is 3.13. The van der Waals surface area contributed by atoms with Crippen molar-refractivity contribution in [3.63, 3.8) is 0 Å². The molecule has 3 rings (SSSR count). The molecule has 0 saturated carbocycles. The largest absolute Gasteiger partial charge is 0.356 e. The first-order valence-corrected chi connectivity index (χ1v) is 8.33. The first kappa shape index (κ1) is 19.0. The van der Waals surface area contributed by atoms with Gasteiger partial charge in [0.25, 0.3) is 0 Å². The molecule has 132 valence electrons. The van der Waals surface area contributed by atoms with Crippen LogP contribution in [-0.4, -0.2) is 52.1 Å². The molecular formula is C17H27IN6. The number of aliphatic imine (C=N–C) groups is 1. The van der Waals surface area contributed by atoms with Gasteiger partial charge in [0.15, 0.2) is 11.6 Å². The van der Waals surface area contributed by atoms with Gasteiger partial charge in [-0.25, -0.2) is 0 Å². The number of hydrogen-bond donors (Lipinski definition) is 1. The molecule has 2 aromatic rings. The number of guanidine groups is 1. The molecule has 1 aliphatic rings. The maximum Gasteiger partial charge on any atom is 0.193 e. The smallest absolute Gasteiger partial charge is 0.193 e. The van der Waals surface area contributed by atoms with E-state index in [4.69, 9.17) is 0 Å². The van der Waals surface area contributed by atoms with Crippen molar-refractivity contribution in [2.45, 2.75) is 33.1 Å². The fraction of sp³-hybridized carbons (Fsp3) is 0.588. The van der Waals surface area contributed by atoms with Crippen molar-refractivity contribution in [1.82, 2.24) is 24.8 Å². The Bertz CT molecular complexity index is 693. The van der Waals surface area contributed by atoms with Crippen molar-refractivity contribution in [1.29, 1.82) is 0 Å². The number of nitrogens with zero attached hydrogens (tertiary/aromatic N) is 5. The summed E-state index contributed by atoms with van der Waals surface area (Å²) in [5, 5.41) is 11.9. The third-order valence-corrected chi connectivity index (χ3v) is 4.43. The highest BCUT2D eigenvalue weighted by atomic mass is 127. The maximum atomic E-state index is 4.42. The first-order valence-electron chi connectivity index (χ1n) is 8.33. The van der Waals surface area contributed by atoms with E-state index >= 15 is 0 Å². The predicted molar refractivity (Wildman–Crippen MR) is 108 cm³/mol. The molecule has 0 unspecified atom stereocenters. The highest BCUT2D eigenvalue weighted by Crippen LogP contribution is 2.28. The molecule has 1 N–H and O–H groups in total. The van der Waals surface area contributed by atoms with Gasteiger partial charge in [-0.1, -0.05) is 19.9 Å². The number of fused-ring (bicyclic) bond motifs is 1. The number of aromatic nitrogens is 3. The lowest BCUT2D eigenvalue weighted by molar-refractivity contribution is 0.370. The summed E-state index contributed by atoms with van der Waals surface area (Å²) < 4.78 is 2.05. The molecule has 2 aromatic heterocycles. The van der Waals surface area contributed by atoms with Crippen LogP contribution in [0, 0.1) is 5.41 Å². The van der Waals surface area contributed by atoms with Gasteiger partial charge in [-0.15, -0.1) is 34.2 Å². The molecule has 24 heavy (non-hydrogen) atoms. The van der Waals surface area contributed by atoms with E-state index in [-0.39, 0.29) is 24.0 Å². The molecule has 1 fully saturated rings. The van der Waals surface area contributed by atoms with Crippen molar-refractivity contribution in [3.8, 4) is 0 Å². The van der Waals surface area contributed by atoms with Gasteiger partial charge in [0.2, 0.25) is 0 Å². The summed E-state index contributed by atoms with van der Waals surface area (Å²) in [4.78, 5) is 6.77.